The molecule has 1 aliphatic carbocycles. The highest BCUT2D eigenvalue weighted by atomic mass is 32.3. The van der Waals surface area contributed by atoms with E-state index >= 15 is 0 Å². The Bertz CT molecular complexity index is 780. The van der Waals surface area contributed by atoms with Gasteiger partial charge >= 0.3 is 0 Å². The third-order valence-corrected chi connectivity index (χ3v) is 9.76. The lowest BCUT2D eigenvalue weighted by atomic mass is 10.1. The molecule has 0 radical (unpaired) electrons. The lowest BCUT2D eigenvalue weighted by Gasteiger charge is -2.08. The summed E-state index contributed by atoms with van der Waals surface area (Å²) in [4.78, 5) is 0. The van der Waals surface area contributed by atoms with E-state index < -0.39 is 0 Å². The van der Waals surface area contributed by atoms with Crippen molar-refractivity contribution in [3.8, 4) is 11.1 Å². The molecule has 0 spiro atoms. The first-order valence-corrected chi connectivity index (χ1v) is 10.8. The third kappa shape index (κ3) is 2.04. The zero-order chi connectivity index (χ0) is 14.5. The van der Waals surface area contributed by atoms with Crippen molar-refractivity contribution in [2.45, 2.75) is 0 Å². The molecular formula is C18H12S4. The van der Waals surface area contributed by atoms with Gasteiger partial charge in [0, 0.05) is 17.1 Å². The van der Waals surface area contributed by atoms with Gasteiger partial charge in [-0.1, -0.05) is 72.1 Å². The van der Waals surface area contributed by atoms with Gasteiger partial charge in [-0.25, -0.2) is 0 Å². The minimum Gasteiger partial charge on any atom is -0.116 e. The predicted octanol–water partition coefficient (Wildman–Crippen LogP) is 6.47. The van der Waals surface area contributed by atoms with Crippen LogP contribution in [0.4, 0.5) is 0 Å². The summed E-state index contributed by atoms with van der Waals surface area (Å²) in [5.41, 5.74) is 7.00. The van der Waals surface area contributed by atoms with Crippen LogP contribution < -0.4 is 0 Å². The van der Waals surface area contributed by atoms with Crippen LogP contribution in [-0.2, 0) is 0 Å². The highest BCUT2D eigenvalue weighted by molar-refractivity contribution is 8.41. The van der Waals surface area contributed by atoms with Gasteiger partial charge in [-0.15, -0.1) is 23.5 Å². The van der Waals surface area contributed by atoms with Crippen LogP contribution in [0.15, 0.2) is 61.2 Å². The Morgan fingerprint density at radius 3 is 1.50 bits per heavy atom. The van der Waals surface area contributed by atoms with E-state index in [4.69, 9.17) is 0 Å². The van der Waals surface area contributed by atoms with Crippen LogP contribution in [0.1, 0.15) is 11.1 Å². The monoisotopic (exact) mass is 356 g/mol. The molecule has 2 heterocycles. The Morgan fingerprint density at radius 2 is 1.00 bits per heavy atom. The molecule has 0 fully saturated rings. The fraction of sp³-hybridized carbons (Fsp3) is 0.111. The Kier molecular flexibility index (Phi) is 3.40. The normalized spacial score (nSPS) is 19.3. The van der Waals surface area contributed by atoms with E-state index in [0.717, 1.165) is 0 Å². The van der Waals surface area contributed by atoms with Crippen molar-refractivity contribution >= 4 is 52.6 Å². The van der Waals surface area contributed by atoms with Crippen molar-refractivity contribution in [1.29, 1.82) is 0 Å². The maximum atomic E-state index is 2.27. The number of hydrogen-bond acceptors (Lipinski definition) is 4. The molecule has 0 atom stereocenters. The van der Waals surface area contributed by atoms with Crippen LogP contribution in [0.3, 0.4) is 0 Å². The molecule has 0 N–H and O–H groups in total. The van der Waals surface area contributed by atoms with E-state index in [1.807, 2.05) is 47.0 Å². The summed E-state index contributed by atoms with van der Waals surface area (Å²) in [6, 6.07) is 17.7. The molecule has 0 nitrogen and oxygen atoms in total. The zero-order valence-electron chi connectivity index (χ0n) is 11.7. The van der Waals surface area contributed by atoms with Crippen molar-refractivity contribution in [2.24, 2.45) is 0 Å². The predicted molar refractivity (Wildman–Crippen MR) is 105 cm³/mol. The van der Waals surface area contributed by atoms with Crippen molar-refractivity contribution in [3.05, 3.63) is 72.4 Å². The van der Waals surface area contributed by atoms with Gasteiger partial charge in [0.15, 0.2) is 0 Å². The number of fused-ring (bicyclic) bond motifs is 3. The van der Waals surface area contributed by atoms with E-state index in [0.29, 0.717) is 0 Å². The van der Waals surface area contributed by atoms with Crippen molar-refractivity contribution in [3.63, 3.8) is 0 Å². The largest absolute Gasteiger partial charge is 0.116 e. The molecule has 2 aromatic carbocycles. The van der Waals surface area contributed by atoms with Crippen LogP contribution in [-0.4, -0.2) is 11.5 Å². The molecule has 108 valence electrons. The summed E-state index contributed by atoms with van der Waals surface area (Å²) in [7, 11) is 0. The molecule has 4 heteroatoms. The van der Waals surface area contributed by atoms with E-state index in [9.17, 15) is 0 Å². The number of thioether (sulfide) groups is 4. The Morgan fingerprint density at radius 1 is 0.545 bits per heavy atom. The Balaban J connectivity index is 1.71. The van der Waals surface area contributed by atoms with Gasteiger partial charge in [0.1, 0.15) is 0 Å². The van der Waals surface area contributed by atoms with Crippen molar-refractivity contribution < 1.29 is 0 Å². The van der Waals surface area contributed by atoms with Gasteiger partial charge in [0.25, 0.3) is 0 Å². The smallest absolute Gasteiger partial charge is 0.0660 e. The van der Waals surface area contributed by atoms with Crippen LogP contribution >= 0.6 is 47.0 Å². The molecule has 22 heavy (non-hydrogen) atoms. The lowest BCUT2D eigenvalue weighted by molar-refractivity contribution is 1.56. The van der Waals surface area contributed by atoms with Gasteiger partial charge in [-0.05, 0) is 22.3 Å². The summed E-state index contributed by atoms with van der Waals surface area (Å²) >= 11 is 8.02. The summed E-state index contributed by atoms with van der Waals surface area (Å²) in [5.74, 6) is 2.49. The number of benzene rings is 2. The van der Waals surface area contributed by atoms with Gasteiger partial charge in [-0.3, -0.25) is 0 Å². The van der Waals surface area contributed by atoms with Crippen LogP contribution in [0.2, 0.25) is 0 Å². The van der Waals surface area contributed by atoms with Crippen LogP contribution in [0.25, 0.3) is 16.7 Å². The first kappa shape index (κ1) is 13.7. The van der Waals surface area contributed by atoms with Gasteiger partial charge < -0.3 is 0 Å². The highest BCUT2D eigenvalue weighted by Gasteiger charge is 2.32. The van der Waals surface area contributed by atoms with Crippen LogP contribution in [0, 0.1) is 0 Å². The Hall–Kier alpha value is -0.680. The van der Waals surface area contributed by atoms with E-state index in [1.54, 1.807) is 0 Å². The summed E-state index contributed by atoms with van der Waals surface area (Å²) in [6.07, 6.45) is 0. The summed E-state index contributed by atoms with van der Waals surface area (Å²) < 4.78 is 4.50. The highest BCUT2D eigenvalue weighted by Crippen LogP contribution is 2.63. The molecule has 2 aromatic rings. The Labute approximate surface area is 147 Å². The maximum Gasteiger partial charge on any atom is 0.0660 e. The lowest BCUT2D eigenvalue weighted by Crippen LogP contribution is -1.88. The SMILES string of the molecule is c1ccc2c(c1)C(=C1SC3=C(SCCS3)S1)c1ccccc1-2. The third-order valence-electron chi connectivity index (χ3n) is 3.97. The average molecular weight is 357 g/mol. The second kappa shape index (κ2) is 5.45. The van der Waals surface area contributed by atoms with E-state index in [2.05, 4.69) is 48.5 Å². The van der Waals surface area contributed by atoms with E-state index in [1.165, 1.54) is 52.0 Å². The van der Waals surface area contributed by atoms with Crippen LogP contribution in [0.5, 0.6) is 0 Å². The molecule has 0 unspecified atom stereocenters. The molecule has 3 aliphatic rings. The van der Waals surface area contributed by atoms with Gasteiger partial charge in [-0.2, -0.15) is 0 Å². The number of rotatable bonds is 0. The standard InChI is InChI=1S/C18H12S4/c1-3-7-13-11(5-1)12-6-2-4-8-14(12)15(13)16-21-17-18(22-16)20-10-9-19-17/h1-8H,9-10H2. The second-order valence-corrected chi connectivity index (χ2v) is 10.3. The van der Waals surface area contributed by atoms with E-state index in [-0.39, 0.29) is 0 Å². The molecule has 0 saturated carbocycles. The summed E-state index contributed by atoms with van der Waals surface area (Å²) in [6.45, 7) is 0. The minimum absolute atomic E-state index is 1.24. The molecule has 0 saturated heterocycles. The second-order valence-electron chi connectivity index (χ2n) is 5.23. The number of hydrogen-bond donors (Lipinski definition) is 0. The molecule has 5 rings (SSSR count). The first-order valence-electron chi connectivity index (χ1n) is 7.21. The maximum absolute atomic E-state index is 2.27. The fourth-order valence-corrected chi connectivity index (χ4v) is 9.14. The van der Waals surface area contributed by atoms with Gasteiger partial charge in [0.05, 0.1) is 12.7 Å². The average Bonchev–Trinajstić information content (AvgIpc) is 3.13. The molecule has 0 amide bonds. The minimum atomic E-state index is 1.24. The molecule has 0 bridgehead atoms. The summed E-state index contributed by atoms with van der Waals surface area (Å²) in [5, 5.41) is 0. The molecule has 0 aromatic heterocycles. The molecule has 2 aliphatic heterocycles. The topological polar surface area (TPSA) is 0 Å². The first-order chi connectivity index (χ1) is 10.9. The quantitative estimate of drug-likeness (QED) is 0.452. The van der Waals surface area contributed by atoms with Crippen molar-refractivity contribution in [1.82, 2.24) is 0 Å². The zero-order valence-corrected chi connectivity index (χ0v) is 14.9. The van der Waals surface area contributed by atoms with Gasteiger partial charge in [0.2, 0.25) is 0 Å². The molecular weight excluding hydrogens is 344 g/mol. The fourth-order valence-electron chi connectivity index (χ4n) is 3.06. The van der Waals surface area contributed by atoms with Crippen molar-refractivity contribution in [2.75, 3.05) is 11.5 Å².